The predicted molar refractivity (Wildman–Crippen MR) is 127 cm³/mol. The molecule has 8 nitrogen and oxygen atoms in total. The Morgan fingerprint density at radius 3 is 2.64 bits per heavy atom. The van der Waals surface area contributed by atoms with Crippen molar-refractivity contribution in [2.45, 2.75) is 45.2 Å². The molecule has 0 saturated carbocycles. The zero-order chi connectivity index (χ0) is 22.9. The average molecular weight is 444 g/mol. The fourth-order valence-corrected chi connectivity index (χ4v) is 4.48. The van der Waals surface area contributed by atoms with Crippen LogP contribution in [0.15, 0.2) is 49.2 Å². The van der Waals surface area contributed by atoms with Gasteiger partial charge in [0.1, 0.15) is 0 Å². The molecule has 1 aliphatic heterocycles. The summed E-state index contributed by atoms with van der Waals surface area (Å²) in [7, 11) is 1.88. The first-order valence-corrected chi connectivity index (χ1v) is 11.5. The molecule has 170 valence electrons. The highest BCUT2D eigenvalue weighted by molar-refractivity contribution is 5.97. The van der Waals surface area contributed by atoms with Crippen molar-refractivity contribution in [3.63, 3.8) is 0 Å². The van der Waals surface area contributed by atoms with Crippen LogP contribution in [0.4, 0.5) is 0 Å². The lowest BCUT2D eigenvalue weighted by Gasteiger charge is -2.34. The summed E-state index contributed by atoms with van der Waals surface area (Å²) in [6, 6.07) is 6.80. The van der Waals surface area contributed by atoms with Crippen molar-refractivity contribution >= 4 is 16.7 Å². The van der Waals surface area contributed by atoms with E-state index < -0.39 is 0 Å². The molecule has 0 aliphatic carbocycles. The van der Waals surface area contributed by atoms with Gasteiger partial charge >= 0.3 is 0 Å². The van der Waals surface area contributed by atoms with Crippen molar-refractivity contribution < 1.29 is 4.79 Å². The van der Waals surface area contributed by atoms with Crippen molar-refractivity contribution in [1.82, 2.24) is 34.4 Å². The molecule has 4 aromatic heterocycles. The van der Waals surface area contributed by atoms with Crippen LogP contribution in [0.25, 0.3) is 22.2 Å². The molecule has 0 aromatic carbocycles. The maximum absolute atomic E-state index is 12.9. The van der Waals surface area contributed by atoms with Gasteiger partial charge in [-0.3, -0.25) is 19.1 Å². The highest BCUT2D eigenvalue weighted by Crippen LogP contribution is 2.24. The molecule has 0 radical (unpaired) electrons. The predicted octanol–water partition coefficient (Wildman–Crippen LogP) is 3.70. The van der Waals surface area contributed by atoms with E-state index in [-0.39, 0.29) is 12.2 Å². The van der Waals surface area contributed by atoms with Gasteiger partial charge in [0, 0.05) is 55.7 Å². The summed E-state index contributed by atoms with van der Waals surface area (Å²) in [5.41, 5.74) is 3.98. The molecule has 0 amide bonds. The lowest BCUT2D eigenvalue weighted by molar-refractivity contribution is 0.0991. The van der Waals surface area contributed by atoms with Gasteiger partial charge in [-0.25, -0.2) is 4.98 Å². The summed E-state index contributed by atoms with van der Waals surface area (Å²) in [6.07, 6.45) is 11.5. The Balaban J connectivity index is 1.29. The first-order chi connectivity index (χ1) is 16.0. The lowest BCUT2D eigenvalue weighted by atomic mass is 10.0. The SMILES string of the molecule is CC(C)N1CCC(n2cc(C(=O)Cc3cc4nc(-c5cnn(C)c5)ccc4cn3)cn2)CC1. The molecule has 0 atom stereocenters. The minimum atomic E-state index is 0.0242. The zero-order valence-electron chi connectivity index (χ0n) is 19.3. The number of Topliss-reactive ketones (excluding diaryl/α,β-unsaturated/α-hetero) is 1. The van der Waals surface area contributed by atoms with Crippen molar-refractivity contribution in [3.8, 4) is 11.3 Å². The number of piperidine rings is 1. The maximum Gasteiger partial charge on any atom is 0.171 e. The van der Waals surface area contributed by atoms with Crippen LogP contribution in [-0.2, 0) is 13.5 Å². The first kappa shape index (κ1) is 21.5. The number of hydrogen-bond acceptors (Lipinski definition) is 6. The number of fused-ring (bicyclic) bond motifs is 1. The average Bonchev–Trinajstić information content (AvgIpc) is 3.48. The van der Waals surface area contributed by atoms with Crippen molar-refractivity contribution in [2.75, 3.05) is 13.1 Å². The van der Waals surface area contributed by atoms with E-state index in [2.05, 4.69) is 33.9 Å². The van der Waals surface area contributed by atoms with Crippen LogP contribution in [-0.4, -0.2) is 59.3 Å². The molecule has 1 fully saturated rings. The van der Waals surface area contributed by atoms with Crippen LogP contribution in [0.5, 0.6) is 0 Å². The number of aromatic nitrogens is 6. The Kier molecular flexibility index (Phi) is 5.76. The Bertz CT molecular complexity index is 1280. The summed E-state index contributed by atoms with van der Waals surface area (Å²) in [6.45, 7) is 6.61. The van der Waals surface area contributed by atoms with E-state index in [1.165, 1.54) is 0 Å². The molecule has 1 aliphatic rings. The molecule has 0 N–H and O–H groups in total. The molecular formula is C25H29N7O. The second kappa shape index (κ2) is 8.86. The number of nitrogens with zero attached hydrogens (tertiary/aromatic N) is 7. The van der Waals surface area contributed by atoms with Crippen LogP contribution in [0, 0.1) is 0 Å². The maximum atomic E-state index is 12.9. The fraction of sp³-hybridized carbons (Fsp3) is 0.400. The number of aryl methyl sites for hydroxylation is 1. The third kappa shape index (κ3) is 4.57. The van der Waals surface area contributed by atoms with Crippen LogP contribution in [0.3, 0.4) is 0 Å². The number of rotatable bonds is 6. The smallest absolute Gasteiger partial charge is 0.171 e. The number of hydrogen-bond donors (Lipinski definition) is 0. The van der Waals surface area contributed by atoms with E-state index in [1.54, 1.807) is 23.3 Å². The van der Waals surface area contributed by atoms with Crippen molar-refractivity contribution in [1.29, 1.82) is 0 Å². The molecule has 1 saturated heterocycles. The molecule has 4 aromatic rings. The summed E-state index contributed by atoms with van der Waals surface area (Å²) in [4.78, 5) is 24.7. The van der Waals surface area contributed by atoms with E-state index >= 15 is 0 Å². The Hall–Kier alpha value is -3.39. The van der Waals surface area contributed by atoms with E-state index in [1.807, 2.05) is 42.3 Å². The third-order valence-electron chi connectivity index (χ3n) is 6.50. The van der Waals surface area contributed by atoms with Gasteiger partial charge in [0.2, 0.25) is 0 Å². The molecule has 0 unspecified atom stereocenters. The normalized spacial score (nSPS) is 15.5. The topological polar surface area (TPSA) is 81.7 Å². The summed E-state index contributed by atoms with van der Waals surface area (Å²) >= 11 is 0. The first-order valence-electron chi connectivity index (χ1n) is 11.5. The lowest BCUT2D eigenvalue weighted by Crippen LogP contribution is -2.39. The second-order valence-electron chi connectivity index (χ2n) is 9.14. The number of carbonyl (C=O) groups is 1. The third-order valence-corrected chi connectivity index (χ3v) is 6.50. The quantitative estimate of drug-likeness (QED) is 0.423. The van der Waals surface area contributed by atoms with Crippen LogP contribution >= 0.6 is 0 Å². The largest absolute Gasteiger partial charge is 0.301 e. The molecule has 5 heterocycles. The summed E-state index contributed by atoms with van der Waals surface area (Å²) in [5, 5.41) is 9.67. The Morgan fingerprint density at radius 1 is 1.09 bits per heavy atom. The Labute approximate surface area is 193 Å². The summed E-state index contributed by atoms with van der Waals surface area (Å²) < 4.78 is 3.73. The fourth-order valence-electron chi connectivity index (χ4n) is 4.48. The van der Waals surface area contributed by atoms with Gasteiger partial charge in [-0.2, -0.15) is 10.2 Å². The highest BCUT2D eigenvalue weighted by Gasteiger charge is 2.23. The molecule has 5 rings (SSSR count). The van der Waals surface area contributed by atoms with Gasteiger partial charge in [0.25, 0.3) is 0 Å². The molecule has 0 bridgehead atoms. The van der Waals surface area contributed by atoms with Gasteiger partial charge in [-0.05, 0) is 44.9 Å². The van der Waals surface area contributed by atoms with Crippen molar-refractivity contribution in [2.24, 2.45) is 7.05 Å². The van der Waals surface area contributed by atoms with E-state index in [4.69, 9.17) is 4.98 Å². The van der Waals surface area contributed by atoms with E-state index in [9.17, 15) is 4.79 Å². The van der Waals surface area contributed by atoms with Gasteiger partial charge < -0.3 is 4.90 Å². The standard InChI is InChI=1S/C25H29N7O/c1-17(2)31-8-6-22(7-9-31)32-16-20(14-28-32)25(33)11-21-10-24-18(12-26-21)4-5-23(29-24)19-13-27-30(3)15-19/h4-5,10,12-17,22H,6-9,11H2,1-3H3. The van der Waals surface area contributed by atoms with E-state index in [0.29, 0.717) is 23.3 Å². The van der Waals surface area contributed by atoms with Gasteiger partial charge in [0.05, 0.1) is 47.3 Å². The van der Waals surface area contributed by atoms with Crippen molar-refractivity contribution in [3.05, 3.63) is 60.4 Å². The van der Waals surface area contributed by atoms with Crippen LogP contribution < -0.4 is 0 Å². The van der Waals surface area contributed by atoms with Crippen LogP contribution in [0.1, 0.15) is 48.8 Å². The number of carbonyl (C=O) groups excluding carboxylic acids is 1. The molecule has 33 heavy (non-hydrogen) atoms. The molecule has 0 spiro atoms. The second-order valence-corrected chi connectivity index (χ2v) is 9.14. The minimum absolute atomic E-state index is 0.0242. The Morgan fingerprint density at radius 2 is 1.91 bits per heavy atom. The van der Waals surface area contributed by atoms with Gasteiger partial charge in [0.15, 0.2) is 5.78 Å². The van der Waals surface area contributed by atoms with Crippen LogP contribution in [0.2, 0.25) is 0 Å². The molecule has 8 heteroatoms. The zero-order valence-corrected chi connectivity index (χ0v) is 19.3. The number of pyridine rings is 2. The summed E-state index contributed by atoms with van der Waals surface area (Å²) in [5.74, 6) is 0.0242. The molecular weight excluding hydrogens is 414 g/mol. The minimum Gasteiger partial charge on any atom is -0.301 e. The monoisotopic (exact) mass is 443 g/mol. The van der Waals surface area contributed by atoms with Gasteiger partial charge in [-0.1, -0.05) is 0 Å². The van der Waals surface area contributed by atoms with E-state index in [0.717, 1.165) is 48.1 Å². The highest BCUT2D eigenvalue weighted by atomic mass is 16.1. The van der Waals surface area contributed by atoms with Gasteiger partial charge in [-0.15, -0.1) is 0 Å². The number of likely N-dealkylation sites (tertiary alicyclic amines) is 1. The number of ketones is 1.